The van der Waals surface area contributed by atoms with Gasteiger partial charge in [-0.2, -0.15) is 0 Å². The van der Waals surface area contributed by atoms with Crippen LogP contribution in [0.2, 0.25) is 0 Å². The third kappa shape index (κ3) is 2.87. The van der Waals surface area contributed by atoms with Crippen molar-refractivity contribution < 1.29 is 4.79 Å². The number of hydrogen-bond acceptors (Lipinski definition) is 3. The summed E-state index contributed by atoms with van der Waals surface area (Å²) in [6.07, 6.45) is 2.37. The van der Waals surface area contributed by atoms with E-state index in [0.717, 1.165) is 32.6 Å². The molecule has 0 aliphatic carbocycles. The Kier molecular flexibility index (Phi) is 5.02. The average Bonchev–Trinajstić information content (AvgIpc) is 2.15. The number of piperidine rings is 1. The van der Waals surface area contributed by atoms with Gasteiger partial charge in [0.05, 0.1) is 5.92 Å². The summed E-state index contributed by atoms with van der Waals surface area (Å²) in [5, 5.41) is 3.16. The number of nitrogens with one attached hydrogen (secondary N) is 1. The minimum atomic E-state index is 0. The summed E-state index contributed by atoms with van der Waals surface area (Å²) in [6.45, 7) is 3.63. The van der Waals surface area contributed by atoms with E-state index >= 15 is 0 Å². The summed E-state index contributed by atoms with van der Waals surface area (Å²) < 4.78 is 0. The molecule has 5 heteroatoms. The Bertz CT molecular complexity index is 243. The Balaban J connectivity index is 0.00000128. The number of carbonyl (C=O) groups excluding carboxylic acids is 1. The van der Waals surface area contributed by atoms with E-state index in [2.05, 4.69) is 29.2 Å². The molecule has 0 saturated carbocycles. The van der Waals surface area contributed by atoms with Crippen LogP contribution in [0.5, 0.6) is 0 Å². The Hall–Kier alpha value is -0.320. The SMILES string of the molecule is CN(C)C1CCCN(C(=O)C2CNC2)C1.Cl. The van der Waals surface area contributed by atoms with Gasteiger partial charge in [0.25, 0.3) is 0 Å². The summed E-state index contributed by atoms with van der Waals surface area (Å²) in [5.74, 6) is 0.617. The number of amides is 1. The van der Waals surface area contributed by atoms with E-state index in [-0.39, 0.29) is 18.3 Å². The van der Waals surface area contributed by atoms with Gasteiger partial charge in [0.2, 0.25) is 5.91 Å². The van der Waals surface area contributed by atoms with Gasteiger partial charge in [0, 0.05) is 32.2 Å². The van der Waals surface area contributed by atoms with Crippen molar-refractivity contribution in [3.8, 4) is 0 Å². The minimum absolute atomic E-state index is 0. The zero-order valence-electron chi connectivity index (χ0n) is 10.1. The molecule has 0 spiro atoms. The standard InChI is InChI=1S/C11H21N3O.ClH/c1-13(2)10-4-3-5-14(8-10)11(15)9-6-12-7-9;/h9-10,12H,3-8H2,1-2H3;1H. The second-order valence-electron chi connectivity index (χ2n) is 4.90. The highest BCUT2D eigenvalue weighted by molar-refractivity contribution is 5.85. The molecule has 1 atom stereocenters. The van der Waals surface area contributed by atoms with Crippen LogP contribution in [0.3, 0.4) is 0 Å². The van der Waals surface area contributed by atoms with Crippen molar-refractivity contribution in [2.75, 3.05) is 40.3 Å². The van der Waals surface area contributed by atoms with Gasteiger partial charge >= 0.3 is 0 Å². The van der Waals surface area contributed by atoms with Crippen LogP contribution in [0.1, 0.15) is 12.8 Å². The number of likely N-dealkylation sites (tertiary alicyclic amines) is 1. The maximum atomic E-state index is 12.0. The van der Waals surface area contributed by atoms with Gasteiger partial charge in [-0.05, 0) is 26.9 Å². The molecule has 16 heavy (non-hydrogen) atoms. The van der Waals surface area contributed by atoms with Crippen molar-refractivity contribution in [2.24, 2.45) is 5.92 Å². The van der Waals surface area contributed by atoms with Gasteiger partial charge in [-0.25, -0.2) is 0 Å². The molecule has 1 amide bonds. The molecule has 2 saturated heterocycles. The normalized spacial score (nSPS) is 26.2. The van der Waals surface area contributed by atoms with Crippen LogP contribution in [0.4, 0.5) is 0 Å². The number of rotatable bonds is 2. The second-order valence-corrected chi connectivity index (χ2v) is 4.90. The third-order valence-electron chi connectivity index (χ3n) is 3.57. The first-order valence-corrected chi connectivity index (χ1v) is 5.84. The summed E-state index contributed by atoms with van der Waals surface area (Å²) >= 11 is 0. The highest BCUT2D eigenvalue weighted by Crippen LogP contribution is 2.17. The van der Waals surface area contributed by atoms with Crippen LogP contribution >= 0.6 is 12.4 Å². The van der Waals surface area contributed by atoms with Crippen molar-refractivity contribution in [1.82, 2.24) is 15.1 Å². The zero-order valence-corrected chi connectivity index (χ0v) is 10.9. The molecular weight excluding hydrogens is 226 g/mol. The summed E-state index contributed by atoms with van der Waals surface area (Å²) in [4.78, 5) is 16.3. The Morgan fingerprint density at radius 1 is 1.38 bits per heavy atom. The number of likely N-dealkylation sites (N-methyl/N-ethyl adjacent to an activating group) is 1. The van der Waals surface area contributed by atoms with Crippen LogP contribution in [0.25, 0.3) is 0 Å². The Morgan fingerprint density at radius 3 is 2.56 bits per heavy atom. The molecule has 2 aliphatic heterocycles. The minimum Gasteiger partial charge on any atom is -0.341 e. The molecule has 94 valence electrons. The van der Waals surface area contributed by atoms with Crippen LogP contribution in [0.15, 0.2) is 0 Å². The first kappa shape index (κ1) is 13.7. The van der Waals surface area contributed by atoms with E-state index in [4.69, 9.17) is 0 Å². The third-order valence-corrected chi connectivity index (χ3v) is 3.57. The van der Waals surface area contributed by atoms with Crippen LogP contribution < -0.4 is 5.32 Å². The summed E-state index contributed by atoms with van der Waals surface area (Å²) in [7, 11) is 4.20. The monoisotopic (exact) mass is 247 g/mol. The van der Waals surface area contributed by atoms with E-state index in [1.54, 1.807) is 0 Å². The van der Waals surface area contributed by atoms with Crippen molar-refractivity contribution in [3.63, 3.8) is 0 Å². The van der Waals surface area contributed by atoms with Crippen molar-refractivity contribution in [2.45, 2.75) is 18.9 Å². The highest BCUT2D eigenvalue weighted by Gasteiger charge is 2.32. The van der Waals surface area contributed by atoms with Crippen LogP contribution in [0, 0.1) is 5.92 Å². The van der Waals surface area contributed by atoms with Gasteiger partial charge in [-0.3, -0.25) is 4.79 Å². The fourth-order valence-electron chi connectivity index (χ4n) is 2.30. The Morgan fingerprint density at radius 2 is 2.06 bits per heavy atom. The molecule has 2 rings (SSSR count). The van der Waals surface area contributed by atoms with Crippen molar-refractivity contribution in [1.29, 1.82) is 0 Å². The fourth-order valence-corrected chi connectivity index (χ4v) is 2.30. The molecule has 4 nitrogen and oxygen atoms in total. The van der Waals surface area contributed by atoms with E-state index in [1.165, 1.54) is 6.42 Å². The molecule has 2 heterocycles. The maximum Gasteiger partial charge on any atom is 0.228 e. The number of nitrogens with zero attached hydrogens (tertiary/aromatic N) is 2. The van der Waals surface area contributed by atoms with E-state index < -0.39 is 0 Å². The topological polar surface area (TPSA) is 35.6 Å². The van der Waals surface area contributed by atoms with E-state index in [0.29, 0.717) is 11.9 Å². The van der Waals surface area contributed by atoms with E-state index in [9.17, 15) is 4.79 Å². The summed E-state index contributed by atoms with van der Waals surface area (Å²) in [6, 6.07) is 0.552. The largest absolute Gasteiger partial charge is 0.341 e. The van der Waals surface area contributed by atoms with E-state index in [1.807, 2.05) is 0 Å². The molecule has 0 bridgehead atoms. The van der Waals surface area contributed by atoms with Crippen molar-refractivity contribution in [3.05, 3.63) is 0 Å². The molecule has 1 N–H and O–H groups in total. The highest BCUT2D eigenvalue weighted by atomic mass is 35.5. The first-order chi connectivity index (χ1) is 7.18. The molecule has 0 aromatic rings. The molecule has 0 radical (unpaired) electrons. The fraction of sp³-hybridized carbons (Fsp3) is 0.909. The van der Waals surface area contributed by atoms with Crippen molar-refractivity contribution >= 4 is 18.3 Å². The van der Waals surface area contributed by atoms with Crippen LogP contribution in [-0.4, -0.2) is 62.0 Å². The lowest BCUT2D eigenvalue weighted by Crippen LogP contribution is -2.55. The molecule has 1 unspecified atom stereocenters. The second kappa shape index (κ2) is 5.84. The molecule has 2 fully saturated rings. The zero-order chi connectivity index (χ0) is 10.8. The lowest BCUT2D eigenvalue weighted by atomic mass is 9.98. The first-order valence-electron chi connectivity index (χ1n) is 5.84. The van der Waals surface area contributed by atoms with Gasteiger partial charge in [0.1, 0.15) is 0 Å². The van der Waals surface area contributed by atoms with Gasteiger partial charge < -0.3 is 15.1 Å². The average molecular weight is 248 g/mol. The smallest absolute Gasteiger partial charge is 0.228 e. The Labute approximate surface area is 104 Å². The lowest BCUT2D eigenvalue weighted by molar-refractivity contribution is -0.139. The predicted octanol–water partition coefficient (Wildman–Crippen LogP) is 0.180. The van der Waals surface area contributed by atoms with Crippen LogP contribution in [-0.2, 0) is 4.79 Å². The lowest BCUT2D eigenvalue weighted by Gasteiger charge is -2.39. The van der Waals surface area contributed by atoms with Gasteiger partial charge in [0.15, 0.2) is 0 Å². The molecular formula is C11H22ClN3O. The van der Waals surface area contributed by atoms with Gasteiger partial charge in [-0.1, -0.05) is 0 Å². The molecule has 2 aliphatic rings. The quantitative estimate of drug-likeness (QED) is 0.756. The van der Waals surface area contributed by atoms with Gasteiger partial charge in [-0.15, -0.1) is 12.4 Å². The molecule has 0 aromatic heterocycles. The number of hydrogen-bond donors (Lipinski definition) is 1. The number of halogens is 1. The maximum absolute atomic E-state index is 12.0. The predicted molar refractivity (Wildman–Crippen MR) is 66.9 cm³/mol. The number of carbonyl (C=O) groups is 1. The molecule has 0 aromatic carbocycles. The summed E-state index contributed by atoms with van der Waals surface area (Å²) in [5.41, 5.74) is 0.